The van der Waals surface area contributed by atoms with Gasteiger partial charge in [-0.2, -0.15) is 0 Å². The number of hydrogen-bond acceptors (Lipinski definition) is 4. The molecule has 0 atom stereocenters. The van der Waals surface area contributed by atoms with Crippen LogP contribution in [-0.2, 0) is 0 Å². The van der Waals surface area contributed by atoms with Crippen molar-refractivity contribution in [2.24, 2.45) is 0 Å². The van der Waals surface area contributed by atoms with Gasteiger partial charge in [-0.15, -0.1) is 0 Å². The minimum atomic E-state index is -0.146. The lowest BCUT2D eigenvalue weighted by molar-refractivity contribution is 0.0700. The largest absolute Gasteiger partial charge is 0.495 e. The molecule has 0 spiro atoms. The van der Waals surface area contributed by atoms with Crippen molar-refractivity contribution in [3.63, 3.8) is 0 Å². The molecule has 2 amide bonds. The molecule has 1 aromatic heterocycles. The molecule has 1 saturated heterocycles. The number of ether oxygens (including phenoxy) is 1. The highest BCUT2D eigenvalue weighted by atomic mass is 35.5. The van der Waals surface area contributed by atoms with Gasteiger partial charge in [-0.1, -0.05) is 11.6 Å². The zero-order valence-electron chi connectivity index (χ0n) is 13.9. The molecule has 1 aliphatic heterocycles. The van der Waals surface area contributed by atoms with Crippen molar-refractivity contribution >= 4 is 23.4 Å². The lowest BCUT2D eigenvalue weighted by Crippen LogP contribution is -2.37. The minimum Gasteiger partial charge on any atom is -0.495 e. The van der Waals surface area contributed by atoms with Crippen molar-refractivity contribution < 1.29 is 18.7 Å². The number of halogens is 1. The Morgan fingerprint density at radius 1 is 1.08 bits per heavy atom. The molecular formula is C18H19ClN2O4. The number of amides is 2. The zero-order chi connectivity index (χ0) is 17.8. The summed E-state index contributed by atoms with van der Waals surface area (Å²) in [6.07, 6.45) is 2.19. The third-order valence-corrected chi connectivity index (χ3v) is 4.50. The van der Waals surface area contributed by atoms with Crippen LogP contribution in [0.1, 0.15) is 27.3 Å². The first-order valence-corrected chi connectivity index (χ1v) is 8.43. The van der Waals surface area contributed by atoms with E-state index < -0.39 is 0 Å². The maximum Gasteiger partial charge on any atom is 0.289 e. The van der Waals surface area contributed by atoms with Crippen LogP contribution in [0.3, 0.4) is 0 Å². The predicted octanol–water partition coefficient (Wildman–Crippen LogP) is 2.93. The molecule has 0 unspecified atom stereocenters. The Hall–Kier alpha value is -2.47. The lowest BCUT2D eigenvalue weighted by Gasteiger charge is -2.22. The quantitative estimate of drug-likeness (QED) is 0.842. The van der Waals surface area contributed by atoms with E-state index in [2.05, 4.69) is 0 Å². The van der Waals surface area contributed by atoms with Gasteiger partial charge < -0.3 is 19.0 Å². The Kier molecular flexibility index (Phi) is 5.28. The molecule has 7 heteroatoms. The maximum absolute atomic E-state index is 12.7. The van der Waals surface area contributed by atoms with Gasteiger partial charge in [0.25, 0.3) is 11.8 Å². The number of hydrogen-bond donors (Lipinski definition) is 0. The number of methoxy groups -OCH3 is 1. The fraction of sp³-hybridized carbons (Fsp3) is 0.333. The van der Waals surface area contributed by atoms with Gasteiger partial charge in [0, 0.05) is 31.7 Å². The molecule has 0 saturated carbocycles. The Bertz CT molecular complexity index is 760. The highest BCUT2D eigenvalue weighted by Gasteiger charge is 2.25. The van der Waals surface area contributed by atoms with Crippen LogP contribution in [0.15, 0.2) is 41.0 Å². The van der Waals surface area contributed by atoms with Gasteiger partial charge in [0.15, 0.2) is 5.76 Å². The molecule has 2 aromatic rings. The second-order valence-electron chi connectivity index (χ2n) is 5.76. The van der Waals surface area contributed by atoms with E-state index in [0.29, 0.717) is 54.7 Å². The number of rotatable bonds is 3. The summed E-state index contributed by atoms with van der Waals surface area (Å²) in [6, 6.07) is 8.33. The van der Waals surface area contributed by atoms with Crippen molar-refractivity contribution in [1.29, 1.82) is 0 Å². The van der Waals surface area contributed by atoms with Crippen LogP contribution in [0.5, 0.6) is 5.75 Å². The molecule has 2 heterocycles. The van der Waals surface area contributed by atoms with Crippen molar-refractivity contribution in [2.45, 2.75) is 6.42 Å². The predicted molar refractivity (Wildman–Crippen MR) is 93.1 cm³/mol. The Labute approximate surface area is 150 Å². The smallest absolute Gasteiger partial charge is 0.289 e. The summed E-state index contributed by atoms with van der Waals surface area (Å²) in [5.74, 6) is 0.606. The highest BCUT2D eigenvalue weighted by molar-refractivity contribution is 6.32. The number of furan rings is 1. The van der Waals surface area contributed by atoms with Gasteiger partial charge in [-0.3, -0.25) is 9.59 Å². The minimum absolute atomic E-state index is 0.100. The second-order valence-corrected chi connectivity index (χ2v) is 6.17. The van der Waals surface area contributed by atoms with E-state index in [1.807, 2.05) is 0 Å². The first-order chi connectivity index (χ1) is 12.1. The Balaban J connectivity index is 1.67. The van der Waals surface area contributed by atoms with Crippen molar-refractivity contribution in [2.75, 3.05) is 33.3 Å². The Morgan fingerprint density at radius 2 is 1.80 bits per heavy atom. The zero-order valence-corrected chi connectivity index (χ0v) is 14.7. The van der Waals surface area contributed by atoms with Gasteiger partial charge >= 0.3 is 0 Å². The third kappa shape index (κ3) is 3.79. The standard InChI is InChI=1S/C18H19ClN2O4/c1-24-15-6-5-13(12-14(15)19)17(22)20-7-3-8-21(10-9-20)18(23)16-4-2-11-25-16/h2,4-6,11-12H,3,7-10H2,1H3. The first-order valence-electron chi connectivity index (χ1n) is 8.05. The first kappa shape index (κ1) is 17.4. The van der Waals surface area contributed by atoms with Gasteiger partial charge in [-0.25, -0.2) is 0 Å². The SMILES string of the molecule is COc1ccc(C(=O)N2CCCN(C(=O)c3ccco3)CC2)cc1Cl. The molecule has 0 N–H and O–H groups in total. The molecule has 1 aliphatic rings. The van der Waals surface area contributed by atoms with Gasteiger partial charge in [0.2, 0.25) is 0 Å². The van der Waals surface area contributed by atoms with Gasteiger partial charge in [-0.05, 0) is 36.8 Å². The summed E-state index contributed by atoms with van der Waals surface area (Å²) in [7, 11) is 1.53. The maximum atomic E-state index is 12.7. The topological polar surface area (TPSA) is 63.0 Å². The van der Waals surface area contributed by atoms with Crippen molar-refractivity contribution in [3.8, 4) is 5.75 Å². The summed E-state index contributed by atoms with van der Waals surface area (Å²) in [6.45, 7) is 2.11. The van der Waals surface area contributed by atoms with E-state index in [-0.39, 0.29) is 11.8 Å². The summed E-state index contributed by atoms with van der Waals surface area (Å²) < 4.78 is 10.3. The third-order valence-electron chi connectivity index (χ3n) is 4.20. The molecule has 1 aromatic carbocycles. The fourth-order valence-corrected chi connectivity index (χ4v) is 3.12. The Morgan fingerprint density at radius 3 is 2.40 bits per heavy atom. The monoisotopic (exact) mass is 362 g/mol. The van der Waals surface area contributed by atoms with E-state index in [1.54, 1.807) is 40.1 Å². The van der Waals surface area contributed by atoms with E-state index >= 15 is 0 Å². The number of carbonyl (C=O) groups excluding carboxylic acids is 2. The highest BCUT2D eigenvalue weighted by Crippen LogP contribution is 2.25. The van der Waals surface area contributed by atoms with Gasteiger partial charge in [0.1, 0.15) is 5.75 Å². The summed E-state index contributed by atoms with van der Waals surface area (Å²) in [5, 5.41) is 0.401. The van der Waals surface area contributed by atoms with Crippen LogP contribution in [-0.4, -0.2) is 54.9 Å². The number of carbonyl (C=O) groups is 2. The molecule has 25 heavy (non-hydrogen) atoms. The normalized spacial score (nSPS) is 15.0. The van der Waals surface area contributed by atoms with Crippen molar-refractivity contribution in [3.05, 3.63) is 52.9 Å². The molecule has 0 aliphatic carbocycles. The second kappa shape index (κ2) is 7.61. The summed E-state index contributed by atoms with van der Waals surface area (Å²) in [4.78, 5) is 28.5. The molecule has 6 nitrogen and oxygen atoms in total. The van der Waals surface area contributed by atoms with Gasteiger partial charge in [0.05, 0.1) is 18.4 Å². The van der Waals surface area contributed by atoms with Crippen LogP contribution in [0.4, 0.5) is 0 Å². The summed E-state index contributed by atoms with van der Waals surface area (Å²) in [5.41, 5.74) is 0.511. The number of nitrogens with zero attached hydrogens (tertiary/aromatic N) is 2. The average Bonchev–Trinajstić information content (AvgIpc) is 3.05. The van der Waals surface area contributed by atoms with E-state index in [4.69, 9.17) is 20.8 Å². The van der Waals surface area contributed by atoms with Crippen LogP contribution in [0.2, 0.25) is 5.02 Å². The van der Waals surface area contributed by atoms with Crippen LogP contribution in [0, 0.1) is 0 Å². The lowest BCUT2D eigenvalue weighted by atomic mass is 10.2. The summed E-state index contributed by atoms with van der Waals surface area (Å²) >= 11 is 6.11. The molecule has 1 fully saturated rings. The van der Waals surface area contributed by atoms with E-state index in [9.17, 15) is 9.59 Å². The fourth-order valence-electron chi connectivity index (χ4n) is 2.86. The molecular weight excluding hydrogens is 344 g/mol. The molecule has 132 valence electrons. The van der Waals surface area contributed by atoms with Crippen LogP contribution < -0.4 is 4.74 Å². The number of benzene rings is 1. The molecule has 0 bridgehead atoms. The average molecular weight is 363 g/mol. The van der Waals surface area contributed by atoms with Crippen LogP contribution >= 0.6 is 11.6 Å². The van der Waals surface area contributed by atoms with Crippen LogP contribution in [0.25, 0.3) is 0 Å². The van der Waals surface area contributed by atoms with E-state index in [0.717, 1.165) is 0 Å². The van der Waals surface area contributed by atoms with E-state index in [1.165, 1.54) is 13.4 Å². The van der Waals surface area contributed by atoms with Crippen molar-refractivity contribution in [1.82, 2.24) is 9.80 Å². The molecule has 3 rings (SSSR count). The molecule has 0 radical (unpaired) electrons.